The van der Waals surface area contributed by atoms with Crippen LogP contribution >= 0.6 is 0 Å². The van der Waals surface area contributed by atoms with Gasteiger partial charge in [-0.05, 0) is 49.1 Å². The van der Waals surface area contributed by atoms with Gasteiger partial charge in [-0.2, -0.15) is 0 Å². The molecule has 0 unspecified atom stereocenters. The van der Waals surface area contributed by atoms with E-state index in [-0.39, 0.29) is 16.8 Å². The standard InChI is InChI=1S/C24H30N2O4/c1-6-30-22(28)18-12-25-19-8-7-15(21(27)29-5)9-17(19)20(18)26-14-24(4)11-16(26)10-23(2,3)13-24/h7-9,12,16H,6,10-11,13-14H2,1-5H3/p+1/t16-,24-/m0/s1. The summed E-state index contributed by atoms with van der Waals surface area (Å²) in [5.41, 5.74) is 3.17. The maximum absolute atomic E-state index is 12.9. The fourth-order valence-electron chi connectivity index (χ4n) is 5.87. The number of carbonyl (C=O) groups excluding carboxylic acids is 2. The Labute approximate surface area is 177 Å². The van der Waals surface area contributed by atoms with E-state index in [9.17, 15) is 9.59 Å². The summed E-state index contributed by atoms with van der Waals surface area (Å²) in [6.07, 6.45) is 5.08. The van der Waals surface area contributed by atoms with Crippen LogP contribution in [0.1, 0.15) is 67.7 Å². The Morgan fingerprint density at radius 3 is 2.67 bits per heavy atom. The molecule has 1 aromatic carbocycles. The number of nitrogens with zero attached hydrogens (tertiary/aromatic N) is 1. The van der Waals surface area contributed by atoms with E-state index in [2.05, 4.69) is 30.7 Å². The van der Waals surface area contributed by atoms with Gasteiger partial charge in [-0.25, -0.2) is 14.6 Å². The molecule has 2 heterocycles. The Morgan fingerprint density at radius 1 is 1.20 bits per heavy atom. The number of hydrogen-bond acceptors (Lipinski definition) is 5. The van der Waals surface area contributed by atoms with E-state index in [1.54, 1.807) is 12.3 Å². The lowest BCUT2D eigenvalue weighted by molar-refractivity contribution is -0.344. The molecule has 0 spiro atoms. The van der Waals surface area contributed by atoms with E-state index >= 15 is 0 Å². The molecule has 30 heavy (non-hydrogen) atoms. The number of H-pyrrole nitrogens is 1. The van der Waals surface area contributed by atoms with Crippen LogP contribution in [0.15, 0.2) is 24.4 Å². The zero-order valence-corrected chi connectivity index (χ0v) is 18.5. The highest BCUT2D eigenvalue weighted by atomic mass is 16.5. The van der Waals surface area contributed by atoms with Gasteiger partial charge in [0.2, 0.25) is 5.52 Å². The predicted molar refractivity (Wildman–Crippen MR) is 115 cm³/mol. The summed E-state index contributed by atoms with van der Waals surface area (Å²) in [6, 6.07) is 5.78. The summed E-state index contributed by atoms with van der Waals surface area (Å²) in [4.78, 5) is 30.7. The van der Waals surface area contributed by atoms with Crippen LogP contribution in [-0.2, 0) is 9.47 Å². The van der Waals surface area contributed by atoms with E-state index in [1.807, 2.05) is 19.1 Å². The zero-order chi connectivity index (χ0) is 21.7. The van der Waals surface area contributed by atoms with Crippen LogP contribution in [0.3, 0.4) is 0 Å². The third-order valence-corrected chi connectivity index (χ3v) is 6.52. The number of nitrogens with one attached hydrogen (secondary N) is 1. The molecule has 4 rings (SSSR count). The molecule has 1 aliphatic carbocycles. The van der Waals surface area contributed by atoms with Crippen molar-refractivity contribution >= 4 is 28.5 Å². The number of aromatic amines is 1. The number of ether oxygens (including phenoxy) is 2. The third kappa shape index (κ3) is 3.53. The number of carbonyl (C=O) groups is 2. The van der Waals surface area contributed by atoms with Crippen molar-refractivity contribution in [1.29, 1.82) is 0 Å². The molecule has 1 saturated heterocycles. The first-order valence-corrected chi connectivity index (χ1v) is 10.7. The van der Waals surface area contributed by atoms with Crippen molar-refractivity contribution < 1.29 is 24.0 Å². The van der Waals surface area contributed by atoms with Gasteiger partial charge in [0.05, 0.1) is 30.4 Å². The normalized spacial score (nSPS) is 24.7. The van der Waals surface area contributed by atoms with Gasteiger partial charge in [0.15, 0.2) is 6.20 Å². The van der Waals surface area contributed by atoms with Gasteiger partial charge in [-0.3, -0.25) is 0 Å². The number of esters is 2. The first-order valence-electron chi connectivity index (χ1n) is 10.7. The van der Waals surface area contributed by atoms with Crippen molar-refractivity contribution in [1.82, 2.24) is 0 Å². The monoisotopic (exact) mass is 411 g/mol. The molecule has 160 valence electrons. The zero-order valence-electron chi connectivity index (χ0n) is 18.5. The Kier molecular flexibility index (Phi) is 4.99. The number of hydrogen-bond donors (Lipinski definition) is 0. The van der Waals surface area contributed by atoms with Crippen molar-refractivity contribution in [3.63, 3.8) is 0 Å². The highest BCUT2D eigenvalue weighted by Gasteiger charge is 2.50. The molecule has 2 aromatic rings. The molecule has 6 nitrogen and oxygen atoms in total. The Morgan fingerprint density at radius 2 is 1.97 bits per heavy atom. The average Bonchev–Trinajstić information content (AvgIpc) is 2.94. The van der Waals surface area contributed by atoms with Crippen LogP contribution in [0.4, 0.5) is 5.69 Å². The number of pyridine rings is 1. The predicted octanol–water partition coefficient (Wildman–Crippen LogP) is 4.02. The topological polar surface area (TPSA) is 70.0 Å². The SMILES string of the molecule is CCOC(=O)c1c[nH+]c2ccc(C(=O)OC)cc2c1N1C[C@@]2(C)C[C@@H]1CC(C)(C)C2. The van der Waals surface area contributed by atoms with Gasteiger partial charge in [0.1, 0.15) is 5.56 Å². The van der Waals surface area contributed by atoms with Crippen molar-refractivity contribution in [2.45, 2.75) is 53.0 Å². The lowest BCUT2D eigenvalue weighted by Gasteiger charge is -2.39. The van der Waals surface area contributed by atoms with E-state index < -0.39 is 5.97 Å². The highest BCUT2D eigenvalue weighted by molar-refractivity contribution is 6.06. The summed E-state index contributed by atoms with van der Waals surface area (Å²) in [5.74, 6) is -0.738. The van der Waals surface area contributed by atoms with Crippen molar-refractivity contribution in [2.75, 3.05) is 25.2 Å². The fraction of sp³-hybridized carbons (Fsp3) is 0.542. The van der Waals surface area contributed by atoms with E-state index in [0.717, 1.165) is 42.4 Å². The number of methoxy groups -OCH3 is 1. The molecule has 1 N–H and O–H groups in total. The summed E-state index contributed by atoms with van der Waals surface area (Å²) >= 11 is 0. The number of anilines is 1. The van der Waals surface area contributed by atoms with Gasteiger partial charge in [-0.15, -0.1) is 0 Å². The minimum Gasteiger partial charge on any atom is -0.465 e. The quantitative estimate of drug-likeness (QED) is 0.711. The fourth-order valence-corrected chi connectivity index (χ4v) is 5.87. The average molecular weight is 412 g/mol. The molecule has 1 aromatic heterocycles. The number of aromatic nitrogens is 1. The number of rotatable bonds is 4. The van der Waals surface area contributed by atoms with Crippen LogP contribution in [0, 0.1) is 10.8 Å². The number of benzene rings is 1. The first kappa shape index (κ1) is 20.6. The summed E-state index contributed by atoms with van der Waals surface area (Å²) < 4.78 is 10.3. The largest absolute Gasteiger partial charge is 0.465 e. The van der Waals surface area contributed by atoms with E-state index in [4.69, 9.17) is 9.47 Å². The van der Waals surface area contributed by atoms with Gasteiger partial charge >= 0.3 is 11.9 Å². The maximum Gasteiger partial charge on any atom is 0.346 e. The van der Waals surface area contributed by atoms with Crippen LogP contribution in [0.25, 0.3) is 10.9 Å². The summed E-state index contributed by atoms with van der Waals surface area (Å²) in [7, 11) is 1.38. The van der Waals surface area contributed by atoms with Crippen LogP contribution < -0.4 is 9.88 Å². The summed E-state index contributed by atoms with van der Waals surface area (Å²) in [5, 5.41) is 0.845. The molecular weight excluding hydrogens is 380 g/mol. The Balaban J connectivity index is 1.92. The third-order valence-electron chi connectivity index (χ3n) is 6.52. The summed E-state index contributed by atoms with van der Waals surface area (Å²) in [6.45, 7) is 10.0. The molecule has 2 atom stereocenters. The molecule has 6 heteroatoms. The smallest absolute Gasteiger partial charge is 0.346 e. The molecule has 2 aliphatic rings. The van der Waals surface area contributed by atoms with Gasteiger partial charge < -0.3 is 14.4 Å². The minimum absolute atomic E-state index is 0.199. The van der Waals surface area contributed by atoms with E-state index in [0.29, 0.717) is 23.8 Å². The van der Waals surface area contributed by atoms with Crippen molar-refractivity contribution in [3.05, 3.63) is 35.5 Å². The molecule has 2 fully saturated rings. The molecule has 0 amide bonds. The Hall–Kier alpha value is -2.63. The number of fused-ring (bicyclic) bond motifs is 3. The van der Waals surface area contributed by atoms with Crippen LogP contribution in [0.2, 0.25) is 0 Å². The molecule has 1 aliphatic heterocycles. The van der Waals surface area contributed by atoms with E-state index in [1.165, 1.54) is 7.11 Å². The molecule has 1 saturated carbocycles. The van der Waals surface area contributed by atoms with Crippen LogP contribution in [-0.4, -0.2) is 38.2 Å². The van der Waals surface area contributed by atoms with Crippen LogP contribution in [0.5, 0.6) is 0 Å². The van der Waals surface area contributed by atoms with Crippen molar-refractivity contribution in [3.8, 4) is 0 Å². The second-order valence-corrected chi connectivity index (χ2v) is 9.86. The Bertz CT molecular complexity index is 1020. The minimum atomic E-state index is -0.391. The highest BCUT2D eigenvalue weighted by Crippen LogP contribution is 2.54. The lowest BCUT2D eigenvalue weighted by atomic mass is 9.65. The van der Waals surface area contributed by atoms with Gasteiger partial charge in [0, 0.05) is 18.7 Å². The molecular formula is C24H31N2O4+. The second-order valence-electron chi connectivity index (χ2n) is 9.86. The lowest BCUT2D eigenvalue weighted by Crippen LogP contribution is -2.35. The first-order chi connectivity index (χ1) is 14.2. The van der Waals surface area contributed by atoms with Gasteiger partial charge in [0.25, 0.3) is 0 Å². The van der Waals surface area contributed by atoms with Gasteiger partial charge in [-0.1, -0.05) is 20.8 Å². The maximum atomic E-state index is 12.9. The van der Waals surface area contributed by atoms with Crippen molar-refractivity contribution in [2.24, 2.45) is 10.8 Å². The molecule has 2 bridgehead atoms. The second kappa shape index (κ2) is 7.25. The molecule has 0 radical (unpaired) electrons.